The van der Waals surface area contributed by atoms with E-state index < -0.39 is 0 Å². The summed E-state index contributed by atoms with van der Waals surface area (Å²) in [5.74, 6) is 1.39. The summed E-state index contributed by atoms with van der Waals surface area (Å²) in [7, 11) is 3.24. The summed E-state index contributed by atoms with van der Waals surface area (Å²) in [6.45, 7) is 5.62. The molecule has 2 rings (SSSR count). The van der Waals surface area contributed by atoms with Crippen molar-refractivity contribution in [3.63, 3.8) is 0 Å². The van der Waals surface area contributed by atoms with E-state index in [1.54, 1.807) is 14.2 Å². The number of benzene rings is 1. The van der Waals surface area contributed by atoms with E-state index in [0.717, 1.165) is 5.56 Å². The van der Waals surface area contributed by atoms with Crippen LogP contribution in [0.5, 0.6) is 11.5 Å². The van der Waals surface area contributed by atoms with Gasteiger partial charge in [0.1, 0.15) is 0 Å². The number of methoxy groups -OCH3 is 2. The summed E-state index contributed by atoms with van der Waals surface area (Å²) >= 11 is 0. The second kappa shape index (κ2) is 5.16. The van der Waals surface area contributed by atoms with Gasteiger partial charge in [0.25, 0.3) is 0 Å². The van der Waals surface area contributed by atoms with Gasteiger partial charge in [0, 0.05) is 11.0 Å². The Morgan fingerprint density at radius 2 is 1.67 bits per heavy atom. The zero-order chi connectivity index (χ0) is 13.2. The van der Waals surface area contributed by atoms with Crippen molar-refractivity contribution in [3.05, 3.63) is 23.8 Å². The third-order valence-corrected chi connectivity index (χ3v) is 2.93. The molecule has 4 heteroatoms. The van der Waals surface area contributed by atoms with E-state index in [2.05, 4.69) is 13.8 Å². The zero-order valence-corrected chi connectivity index (χ0v) is 11.4. The molecular formula is C14H20O4. The topological polar surface area (TPSA) is 36.9 Å². The van der Waals surface area contributed by atoms with Crippen LogP contribution in [0.15, 0.2) is 18.2 Å². The Hall–Kier alpha value is -1.26. The fourth-order valence-electron chi connectivity index (χ4n) is 1.88. The largest absolute Gasteiger partial charge is 0.493 e. The van der Waals surface area contributed by atoms with Crippen LogP contribution in [0.2, 0.25) is 0 Å². The van der Waals surface area contributed by atoms with Crippen molar-refractivity contribution >= 4 is 0 Å². The lowest BCUT2D eigenvalue weighted by Gasteiger charge is -2.34. The molecule has 1 saturated heterocycles. The fraction of sp³-hybridized carbons (Fsp3) is 0.571. The molecule has 4 nitrogen and oxygen atoms in total. The molecule has 0 unspecified atom stereocenters. The first-order chi connectivity index (χ1) is 8.55. The van der Waals surface area contributed by atoms with Crippen LogP contribution < -0.4 is 9.47 Å². The van der Waals surface area contributed by atoms with Crippen LogP contribution in [0.1, 0.15) is 25.7 Å². The minimum Gasteiger partial charge on any atom is -0.493 e. The van der Waals surface area contributed by atoms with Crippen molar-refractivity contribution in [1.82, 2.24) is 0 Å². The molecule has 0 N–H and O–H groups in total. The maximum Gasteiger partial charge on any atom is 0.183 e. The third-order valence-electron chi connectivity index (χ3n) is 2.93. The Morgan fingerprint density at radius 1 is 1.06 bits per heavy atom. The lowest BCUT2D eigenvalue weighted by atomic mass is 9.95. The number of hydrogen-bond donors (Lipinski definition) is 0. The van der Waals surface area contributed by atoms with Gasteiger partial charge in [0.05, 0.1) is 27.4 Å². The van der Waals surface area contributed by atoms with E-state index in [0.29, 0.717) is 24.7 Å². The first-order valence-corrected chi connectivity index (χ1v) is 6.01. The Balaban J connectivity index is 2.15. The lowest BCUT2D eigenvalue weighted by molar-refractivity contribution is -0.226. The van der Waals surface area contributed by atoms with E-state index in [4.69, 9.17) is 18.9 Å². The van der Waals surface area contributed by atoms with Gasteiger partial charge in [0.15, 0.2) is 17.8 Å². The quantitative estimate of drug-likeness (QED) is 0.829. The number of rotatable bonds is 3. The average molecular weight is 252 g/mol. The fourth-order valence-corrected chi connectivity index (χ4v) is 1.88. The molecule has 1 fully saturated rings. The van der Waals surface area contributed by atoms with Crippen molar-refractivity contribution in [1.29, 1.82) is 0 Å². The molecule has 0 saturated carbocycles. The molecular weight excluding hydrogens is 232 g/mol. The summed E-state index contributed by atoms with van der Waals surface area (Å²) < 4.78 is 21.9. The van der Waals surface area contributed by atoms with Crippen LogP contribution in [0.3, 0.4) is 0 Å². The van der Waals surface area contributed by atoms with Gasteiger partial charge in [-0.2, -0.15) is 0 Å². The maximum atomic E-state index is 5.73. The molecule has 1 aliphatic heterocycles. The smallest absolute Gasteiger partial charge is 0.183 e. The highest BCUT2D eigenvalue weighted by Crippen LogP contribution is 2.35. The van der Waals surface area contributed by atoms with Crippen LogP contribution in [0, 0.1) is 5.41 Å². The van der Waals surface area contributed by atoms with Crippen molar-refractivity contribution in [2.75, 3.05) is 27.4 Å². The van der Waals surface area contributed by atoms with E-state index in [-0.39, 0.29) is 11.7 Å². The predicted molar refractivity (Wildman–Crippen MR) is 68.0 cm³/mol. The zero-order valence-electron chi connectivity index (χ0n) is 11.4. The van der Waals surface area contributed by atoms with Crippen LogP contribution in [0.25, 0.3) is 0 Å². The molecule has 18 heavy (non-hydrogen) atoms. The monoisotopic (exact) mass is 252 g/mol. The van der Waals surface area contributed by atoms with E-state index in [1.165, 1.54) is 0 Å². The van der Waals surface area contributed by atoms with Gasteiger partial charge >= 0.3 is 0 Å². The third kappa shape index (κ3) is 2.76. The predicted octanol–water partition coefficient (Wildman–Crippen LogP) is 2.78. The molecule has 1 heterocycles. The minimum atomic E-state index is -0.321. The van der Waals surface area contributed by atoms with Crippen LogP contribution in [0.4, 0.5) is 0 Å². The Kier molecular flexibility index (Phi) is 3.78. The molecule has 0 aromatic heterocycles. The minimum absolute atomic E-state index is 0.0764. The lowest BCUT2D eigenvalue weighted by Crippen LogP contribution is -2.33. The Bertz CT molecular complexity index is 404. The molecule has 0 radical (unpaired) electrons. The highest BCUT2D eigenvalue weighted by atomic mass is 16.7. The SMILES string of the molecule is COc1ccc(C2OCC(C)(C)CO2)cc1OC. The van der Waals surface area contributed by atoms with Gasteiger partial charge in [-0.15, -0.1) is 0 Å². The van der Waals surface area contributed by atoms with Crippen molar-refractivity contribution in [2.24, 2.45) is 5.41 Å². The molecule has 0 spiro atoms. The van der Waals surface area contributed by atoms with Crippen molar-refractivity contribution in [3.8, 4) is 11.5 Å². The summed E-state index contributed by atoms with van der Waals surface area (Å²) in [5, 5.41) is 0. The van der Waals surface area contributed by atoms with Gasteiger partial charge in [-0.25, -0.2) is 0 Å². The highest BCUT2D eigenvalue weighted by Gasteiger charge is 2.29. The number of ether oxygens (including phenoxy) is 4. The standard InChI is InChI=1S/C14H20O4/c1-14(2)8-17-13(18-9-14)10-5-6-11(15-3)12(7-10)16-4/h5-7,13H,8-9H2,1-4H3. The molecule has 100 valence electrons. The summed E-state index contributed by atoms with van der Waals surface area (Å²) in [6, 6.07) is 5.69. The second-order valence-corrected chi connectivity index (χ2v) is 5.23. The molecule has 0 bridgehead atoms. The van der Waals surface area contributed by atoms with Crippen molar-refractivity contribution in [2.45, 2.75) is 20.1 Å². The van der Waals surface area contributed by atoms with Crippen molar-refractivity contribution < 1.29 is 18.9 Å². The van der Waals surface area contributed by atoms with E-state index in [1.807, 2.05) is 18.2 Å². The Labute approximate surface area is 108 Å². The van der Waals surface area contributed by atoms with Gasteiger partial charge in [-0.3, -0.25) is 0 Å². The molecule has 0 amide bonds. The molecule has 0 atom stereocenters. The van der Waals surface area contributed by atoms with Gasteiger partial charge in [-0.1, -0.05) is 19.9 Å². The van der Waals surface area contributed by atoms with Crippen LogP contribution >= 0.6 is 0 Å². The van der Waals surface area contributed by atoms with E-state index in [9.17, 15) is 0 Å². The molecule has 1 aromatic carbocycles. The number of hydrogen-bond acceptors (Lipinski definition) is 4. The van der Waals surface area contributed by atoms with Gasteiger partial charge < -0.3 is 18.9 Å². The van der Waals surface area contributed by atoms with Gasteiger partial charge in [-0.05, 0) is 12.1 Å². The average Bonchev–Trinajstić information content (AvgIpc) is 2.38. The van der Waals surface area contributed by atoms with E-state index >= 15 is 0 Å². The highest BCUT2D eigenvalue weighted by molar-refractivity contribution is 5.43. The first kappa shape index (κ1) is 13.2. The maximum absolute atomic E-state index is 5.73. The molecule has 1 aromatic rings. The first-order valence-electron chi connectivity index (χ1n) is 6.01. The summed E-state index contributed by atoms with van der Waals surface area (Å²) in [5.41, 5.74) is 1.02. The summed E-state index contributed by atoms with van der Waals surface area (Å²) in [6.07, 6.45) is -0.321. The molecule has 1 aliphatic rings. The molecule has 0 aliphatic carbocycles. The Morgan fingerprint density at radius 3 is 2.22 bits per heavy atom. The van der Waals surface area contributed by atoms with Gasteiger partial charge in [0.2, 0.25) is 0 Å². The summed E-state index contributed by atoms with van der Waals surface area (Å²) in [4.78, 5) is 0. The normalized spacial score (nSPS) is 19.6. The second-order valence-electron chi connectivity index (χ2n) is 5.23. The van der Waals surface area contributed by atoms with Crippen LogP contribution in [-0.4, -0.2) is 27.4 Å². The van der Waals surface area contributed by atoms with Crippen LogP contribution in [-0.2, 0) is 9.47 Å².